The second-order valence-electron chi connectivity index (χ2n) is 5.56. The first-order chi connectivity index (χ1) is 8.31. The topological polar surface area (TPSA) is 24.5 Å². The standard InChI is InChI=1S/C14H28N2O/c1-3-8-15-13-6-9-16(10-7-13)12(2)14-5-4-11-17-14/h12-15H,3-11H2,1-2H3. The lowest BCUT2D eigenvalue weighted by atomic mass is 10.0. The van der Waals surface area contributed by atoms with Crippen LogP contribution in [0.15, 0.2) is 0 Å². The summed E-state index contributed by atoms with van der Waals surface area (Å²) in [4.78, 5) is 2.63. The van der Waals surface area contributed by atoms with Gasteiger partial charge in [-0.15, -0.1) is 0 Å². The number of piperidine rings is 1. The molecule has 0 saturated carbocycles. The summed E-state index contributed by atoms with van der Waals surface area (Å²) in [6.07, 6.45) is 6.86. The zero-order valence-corrected chi connectivity index (χ0v) is 11.5. The van der Waals surface area contributed by atoms with E-state index in [2.05, 4.69) is 24.1 Å². The van der Waals surface area contributed by atoms with Crippen LogP contribution in [0.4, 0.5) is 0 Å². The highest BCUT2D eigenvalue weighted by molar-refractivity contribution is 4.84. The fraction of sp³-hybridized carbons (Fsp3) is 1.00. The van der Waals surface area contributed by atoms with E-state index in [1.165, 1.54) is 51.7 Å². The van der Waals surface area contributed by atoms with Crippen LogP contribution >= 0.6 is 0 Å². The van der Waals surface area contributed by atoms with Crippen LogP contribution in [-0.2, 0) is 4.74 Å². The van der Waals surface area contributed by atoms with Gasteiger partial charge in [0, 0.05) is 31.8 Å². The minimum absolute atomic E-state index is 0.496. The third kappa shape index (κ3) is 3.67. The molecule has 3 heteroatoms. The van der Waals surface area contributed by atoms with Gasteiger partial charge in [-0.05, 0) is 45.6 Å². The molecule has 0 aliphatic carbocycles. The van der Waals surface area contributed by atoms with Gasteiger partial charge in [-0.25, -0.2) is 0 Å². The molecular formula is C14H28N2O. The Labute approximate surface area is 106 Å². The van der Waals surface area contributed by atoms with Gasteiger partial charge in [0.25, 0.3) is 0 Å². The fourth-order valence-electron chi connectivity index (χ4n) is 3.08. The first kappa shape index (κ1) is 13.3. The summed E-state index contributed by atoms with van der Waals surface area (Å²) in [5, 5.41) is 3.64. The van der Waals surface area contributed by atoms with Crippen molar-refractivity contribution in [1.29, 1.82) is 0 Å². The maximum Gasteiger partial charge on any atom is 0.0728 e. The van der Waals surface area contributed by atoms with Crippen LogP contribution in [0.25, 0.3) is 0 Å². The number of likely N-dealkylation sites (tertiary alicyclic amines) is 1. The monoisotopic (exact) mass is 240 g/mol. The normalized spacial score (nSPS) is 29.6. The molecule has 0 amide bonds. The van der Waals surface area contributed by atoms with E-state index in [9.17, 15) is 0 Å². The molecule has 0 aromatic rings. The van der Waals surface area contributed by atoms with Gasteiger partial charge in [0.1, 0.15) is 0 Å². The Bertz CT molecular complexity index is 208. The Morgan fingerprint density at radius 2 is 2.06 bits per heavy atom. The summed E-state index contributed by atoms with van der Waals surface area (Å²) in [6.45, 7) is 9.21. The van der Waals surface area contributed by atoms with Crippen molar-refractivity contribution in [3.63, 3.8) is 0 Å². The quantitative estimate of drug-likeness (QED) is 0.795. The zero-order valence-electron chi connectivity index (χ0n) is 11.5. The predicted octanol–water partition coefficient (Wildman–Crippen LogP) is 2.02. The highest BCUT2D eigenvalue weighted by Gasteiger charge is 2.29. The first-order valence-electron chi connectivity index (χ1n) is 7.40. The molecule has 2 aliphatic heterocycles. The molecule has 3 nitrogen and oxygen atoms in total. The van der Waals surface area contributed by atoms with E-state index < -0.39 is 0 Å². The Balaban J connectivity index is 1.70. The molecule has 2 atom stereocenters. The summed E-state index contributed by atoms with van der Waals surface area (Å²) in [5.41, 5.74) is 0. The van der Waals surface area contributed by atoms with Gasteiger partial charge in [-0.2, -0.15) is 0 Å². The number of rotatable bonds is 5. The van der Waals surface area contributed by atoms with Crippen molar-refractivity contribution in [1.82, 2.24) is 10.2 Å². The smallest absolute Gasteiger partial charge is 0.0728 e. The van der Waals surface area contributed by atoms with Crippen molar-refractivity contribution in [3.05, 3.63) is 0 Å². The molecule has 0 spiro atoms. The van der Waals surface area contributed by atoms with E-state index in [0.717, 1.165) is 12.6 Å². The van der Waals surface area contributed by atoms with E-state index in [-0.39, 0.29) is 0 Å². The molecule has 2 fully saturated rings. The van der Waals surface area contributed by atoms with Gasteiger partial charge in [0.2, 0.25) is 0 Å². The first-order valence-corrected chi connectivity index (χ1v) is 7.40. The lowest BCUT2D eigenvalue weighted by Crippen LogP contribution is -2.49. The molecule has 2 aliphatic rings. The van der Waals surface area contributed by atoms with Gasteiger partial charge in [-0.3, -0.25) is 4.90 Å². The SMILES string of the molecule is CCCNC1CCN(C(C)C2CCCO2)CC1. The molecule has 2 heterocycles. The average molecular weight is 240 g/mol. The van der Waals surface area contributed by atoms with E-state index in [0.29, 0.717) is 12.1 Å². The minimum atomic E-state index is 0.496. The van der Waals surface area contributed by atoms with E-state index in [1.807, 2.05) is 0 Å². The summed E-state index contributed by atoms with van der Waals surface area (Å²) >= 11 is 0. The van der Waals surface area contributed by atoms with E-state index in [4.69, 9.17) is 4.74 Å². The lowest BCUT2D eigenvalue weighted by Gasteiger charge is -2.38. The van der Waals surface area contributed by atoms with Crippen LogP contribution in [0.1, 0.15) is 46.0 Å². The molecule has 0 bridgehead atoms. The maximum atomic E-state index is 5.80. The number of nitrogens with one attached hydrogen (secondary N) is 1. The molecule has 2 saturated heterocycles. The summed E-state index contributed by atoms with van der Waals surface area (Å²) in [6, 6.07) is 1.37. The molecule has 2 rings (SSSR count). The number of hydrogen-bond acceptors (Lipinski definition) is 3. The Hall–Kier alpha value is -0.120. The largest absolute Gasteiger partial charge is 0.377 e. The van der Waals surface area contributed by atoms with Crippen molar-refractivity contribution in [2.45, 2.75) is 64.1 Å². The Morgan fingerprint density at radius 1 is 1.29 bits per heavy atom. The van der Waals surface area contributed by atoms with Crippen LogP contribution in [0.3, 0.4) is 0 Å². The zero-order chi connectivity index (χ0) is 12.1. The highest BCUT2D eigenvalue weighted by atomic mass is 16.5. The van der Waals surface area contributed by atoms with Gasteiger partial charge in [-0.1, -0.05) is 6.92 Å². The average Bonchev–Trinajstić information content (AvgIpc) is 2.90. The van der Waals surface area contributed by atoms with Gasteiger partial charge >= 0.3 is 0 Å². The molecular weight excluding hydrogens is 212 g/mol. The molecule has 2 unspecified atom stereocenters. The second kappa shape index (κ2) is 6.72. The molecule has 0 aromatic carbocycles. The highest BCUT2D eigenvalue weighted by Crippen LogP contribution is 2.22. The van der Waals surface area contributed by atoms with Crippen molar-refractivity contribution >= 4 is 0 Å². The third-order valence-electron chi connectivity index (χ3n) is 4.29. The van der Waals surface area contributed by atoms with E-state index in [1.54, 1.807) is 0 Å². The predicted molar refractivity (Wildman–Crippen MR) is 71.3 cm³/mol. The van der Waals surface area contributed by atoms with Crippen LogP contribution in [0.5, 0.6) is 0 Å². The van der Waals surface area contributed by atoms with Gasteiger partial charge < -0.3 is 10.1 Å². The number of nitrogens with zero attached hydrogens (tertiary/aromatic N) is 1. The van der Waals surface area contributed by atoms with Gasteiger partial charge in [0.15, 0.2) is 0 Å². The van der Waals surface area contributed by atoms with Crippen LogP contribution < -0.4 is 5.32 Å². The Kier molecular flexibility index (Phi) is 5.26. The second-order valence-corrected chi connectivity index (χ2v) is 5.56. The van der Waals surface area contributed by atoms with Gasteiger partial charge in [0.05, 0.1) is 6.10 Å². The molecule has 1 N–H and O–H groups in total. The molecule has 0 aromatic heterocycles. The van der Waals surface area contributed by atoms with Crippen molar-refractivity contribution in [3.8, 4) is 0 Å². The maximum absolute atomic E-state index is 5.80. The number of hydrogen-bond donors (Lipinski definition) is 1. The van der Waals surface area contributed by atoms with Crippen molar-refractivity contribution in [2.75, 3.05) is 26.2 Å². The molecule has 17 heavy (non-hydrogen) atoms. The minimum Gasteiger partial charge on any atom is -0.377 e. The summed E-state index contributed by atoms with van der Waals surface area (Å²) in [5.74, 6) is 0. The lowest BCUT2D eigenvalue weighted by molar-refractivity contribution is 0.0202. The third-order valence-corrected chi connectivity index (χ3v) is 4.29. The van der Waals surface area contributed by atoms with E-state index >= 15 is 0 Å². The van der Waals surface area contributed by atoms with Crippen LogP contribution in [-0.4, -0.2) is 49.3 Å². The molecule has 100 valence electrons. The van der Waals surface area contributed by atoms with Crippen molar-refractivity contribution < 1.29 is 4.74 Å². The van der Waals surface area contributed by atoms with Crippen LogP contribution in [0, 0.1) is 0 Å². The molecule has 0 radical (unpaired) electrons. The number of ether oxygens (including phenoxy) is 1. The summed E-state index contributed by atoms with van der Waals surface area (Å²) in [7, 11) is 0. The van der Waals surface area contributed by atoms with Crippen LogP contribution in [0.2, 0.25) is 0 Å². The summed E-state index contributed by atoms with van der Waals surface area (Å²) < 4.78 is 5.80. The van der Waals surface area contributed by atoms with Crippen molar-refractivity contribution in [2.24, 2.45) is 0 Å². The fourth-order valence-corrected chi connectivity index (χ4v) is 3.08. The Morgan fingerprint density at radius 3 is 2.65 bits per heavy atom.